The van der Waals surface area contributed by atoms with Crippen molar-refractivity contribution in [3.63, 3.8) is 0 Å². The Hall–Kier alpha value is -1.36. The lowest BCUT2D eigenvalue weighted by molar-refractivity contribution is -0.0690. The standard InChI is InChI=1S/C15H22N2O3/c1-11-13(14(18)19)9-16-17(11)10-12-5-8-15(20-12)6-3-2-4-7-15/h9,12H,2-8,10H2,1H3,(H,18,19). The number of ether oxygens (including phenoxy) is 1. The highest BCUT2D eigenvalue weighted by atomic mass is 16.5. The number of aromatic carboxylic acids is 1. The molecule has 110 valence electrons. The molecule has 1 unspecified atom stereocenters. The molecule has 5 nitrogen and oxygen atoms in total. The lowest BCUT2D eigenvalue weighted by Gasteiger charge is -2.33. The number of rotatable bonds is 3. The molecule has 2 heterocycles. The highest BCUT2D eigenvalue weighted by Gasteiger charge is 2.40. The minimum absolute atomic E-state index is 0.111. The predicted molar refractivity (Wildman–Crippen MR) is 73.8 cm³/mol. The molecule has 1 spiro atoms. The first kappa shape index (κ1) is 13.6. The maximum Gasteiger partial charge on any atom is 0.339 e. The van der Waals surface area contributed by atoms with Crippen molar-refractivity contribution in [2.75, 3.05) is 0 Å². The summed E-state index contributed by atoms with van der Waals surface area (Å²) in [5, 5.41) is 13.2. The Kier molecular flexibility index (Phi) is 3.54. The van der Waals surface area contributed by atoms with E-state index in [0.29, 0.717) is 12.2 Å². The number of nitrogens with zero attached hydrogens (tertiary/aromatic N) is 2. The summed E-state index contributed by atoms with van der Waals surface area (Å²) in [6.45, 7) is 2.47. The Morgan fingerprint density at radius 1 is 1.45 bits per heavy atom. The van der Waals surface area contributed by atoms with Gasteiger partial charge in [-0.2, -0.15) is 5.10 Å². The molecule has 1 aliphatic carbocycles. The van der Waals surface area contributed by atoms with Crippen LogP contribution in [0, 0.1) is 6.92 Å². The second kappa shape index (κ2) is 5.20. The van der Waals surface area contributed by atoms with E-state index in [1.165, 1.54) is 38.3 Å². The summed E-state index contributed by atoms with van der Waals surface area (Å²) in [6.07, 6.45) is 10.1. The van der Waals surface area contributed by atoms with Gasteiger partial charge in [0, 0.05) is 5.69 Å². The van der Waals surface area contributed by atoms with Crippen LogP contribution in [0.15, 0.2) is 6.20 Å². The van der Waals surface area contributed by atoms with E-state index in [-0.39, 0.29) is 17.3 Å². The van der Waals surface area contributed by atoms with Crippen LogP contribution < -0.4 is 0 Å². The lowest BCUT2D eigenvalue weighted by Crippen LogP contribution is -2.32. The number of hydrogen-bond donors (Lipinski definition) is 1. The van der Waals surface area contributed by atoms with Crippen LogP contribution in [-0.2, 0) is 11.3 Å². The summed E-state index contributed by atoms with van der Waals surface area (Å²) in [7, 11) is 0. The van der Waals surface area contributed by atoms with Gasteiger partial charge in [0.2, 0.25) is 0 Å². The smallest absolute Gasteiger partial charge is 0.339 e. The van der Waals surface area contributed by atoms with Gasteiger partial charge < -0.3 is 9.84 Å². The zero-order valence-electron chi connectivity index (χ0n) is 12.0. The Bertz CT molecular complexity index is 503. The number of carbonyl (C=O) groups is 1. The zero-order valence-corrected chi connectivity index (χ0v) is 12.0. The fourth-order valence-electron chi connectivity index (χ4n) is 3.62. The maximum atomic E-state index is 11.0. The average Bonchev–Trinajstić information content (AvgIpc) is 2.97. The molecule has 20 heavy (non-hydrogen) atoms. The third-order valence-corrected chi connectivity index (χ3v) is 4.81. The van der Waals surface area contributed by atoms with Crippen molar-refractivity contribution in [2.24, 2.45) is 0 Å². The Morgan fingerprint density at radius 2 is 2.20 bits per heavy atom. The summed E-state index contributed by atoms with van der Waals surface area (Å²) >= 11 is 0. The van der Waals surface area contributed by atoms with Gasteiger partial charge in [-0.05, 0) is 32.6 Å². The molecule has 1 saturated carbocycles. The SMILES string of the molecule is Cc1c(C(=O)O)cnn1CC1CCC2(CCCCC2)O1. The zero-order chi connectivity index (χ0) is 14.2. The average molecular weight is 278 g/mol. The van der Waals surface area contributed by atoms with Crippen molar-refractivity contribution in [3.8, 4) is 0 Å². The van der Waals surface area contributed by atoms with Crippen LogP contribution in [0.4, 0.5) is 0 Å². The van der Waals surface area contributed by atoms with Crippen molar-refractivity contribution in [2.45, 2.75) is 70.1 Å². The van der Waals surface area contributed by atoms with Crippen molar-refractivity contribution in [3.05, 3.63) is 17.5 Å². The van der Waals surface area contributed by atoms with E-state index in [1.54, 1.807) is 4.68 Å². The largest absolute Gasteiger partial charge is 0.478 e. The minimum Gasteiger partial charge on any atom is -0.478 e. The predicted octanol–water partition coefficient (Wildman–Crippen LogP) is 2.77. The highest BCUT2D eigenvalue weighted by Crippen LogP contribution is 2.42. The monoisotopic (exact) mass is 278 g/mol. The van der Waals surface area contributed by atoms with E-state index in [2.05, 4.69) is 5.10 Å². The van der Waals surface area contributed by atoms with E-state index in [9.17, 15) is 4.79 Å². The van der Waals surface area contributed by atoms with Crippen LogP contribution in [0.25, 0.3) is 0 Å². The Labute approximate surface area is 118 Å². The number of hydrogen-bond acceptors (Lipinski definition) is 3. The molecule has 1 N–H and O–H groups in total. The molecular weight excluding hydrogens is 256 g/mol. The quantitative estimate of drug-likeness (QED) is 0.923. The van der Waals surface area contributed by atoms with E-state index in [1.807, 2.05) is 6.92 Å². The van der Waals surface area contributed by atoms with Gasteiger partial charge in [0.25, 0.3) is 0 Å². The first-order valence-corrected chi connectivity index (χ1v) is 7.53. The second-order valence-corrected chi connectivity index (χ2v) is 6.15. The molecule has 0 amide bonds. The van der Waals surface area contributed by atoms with Crippen LogP contribution in [0.5, 0.6) is 0 Å². The topological polar surface area (TPSA) is 64.3 Å². The van der Waals surface area contributed by atoms with Gasteiger partial charge in [0.15, 0.2) is 0 Å². The van der Waals surface area contributed by atoms with Crippen molar-refractivity contribution < 1.29 is 14.6 Å². The van der Waals surface area contributed by atoms with E-state index in [4.69, 9.17) is 9.84 Å². The minimum atomic E-state index is -0.912. The van der Waals surface area contributed by atoms with Gasteiger partial charge in [-0.15, -0.1) is 0 Å². The molecule has 1 aromatic rings. The molecule has 0 aromatic carbocycles. The molecule has 1 aromatic heterocycles. The van der Waals surface area contributed by atoms with Crippen LogP contribution >= 0.6 is 0 Å². The molecule has 3 rings (SSSR count). The third-order valence-electron chi connectivity index (χ3n) is 4.81. The molecular formula is C15H22N2O3. The third kappa shape index (κ3) is 2.46. The fraction of sp³-hybridized carbons (Fsp3) is 0.733. The van der Waals surface area contributed by atoms with E-state index < -0.39 is 5.97 Å². The van der Waals surface area contributed by atoms with Gasteiger partial charge in [-0.25, -0.2) is 4.79 Å². The molecule has 2 aliphatic rings. The second-order valence-electron chi connectivity index (χ2n) is 6.15. The summed E-state index contributed by atoms with van der Waals surface area (Å²) in [6, 6.07) is 0. The fourth-order valence-corrected chi connectivity index (χ4v) is 3.62. The lowest BCUT2D eigenvalue weighted by atomic mass is 9.83. The molecule has 5 heteroatoms. The molecule has 2 fully saturated rings. The van der Waals surface area contributed by atoms with Crippen LogP contribution in [0.1, 0.15) is 61.0 Å². The first-order chi connectivity index (χ1) is 9.60. The van der Waals surface area contributed by atoms with Crippen molar-refractivity contribution in [1.82, 2.24) is 9.78 Å². The molecule has 1 saturated heterocycles. The van der Waals surface area contributed by atoms with E-state index in [0.717, 1.165) is 12.8 Å². The number of aromatic nitrogens is 2. The molecule has 1 atom stereocenters. The number of carboxylic acids is 1. The summed E-state index contributed by atoms with van der Waals surface area (Å²) < 4.78 is 8.08. The van der Waals surface area contributed by atoms with Gasteiger partial charge in [-0.1, -0.05) is 19.3 Å². The van der Waals surface area contributed by atoms with Gasteiger partial charge in [0.1, 0.15) is 5.56 Å². The van der Waals surface area contributed by atoms with Crippen LogP contribution in [0.2, 0.25) is 0 Å². The van der Waals surface area contributed by atoms with Gasteiger partial charge >= 0.3 is 5.97 Å². The van der Waals surface area contributed by atoms with Gasteiger partial charge in [-0.3, -0.25) is 4.68 Å². The Morgan fingerprint density at radius 3 is 2.85 bits per heavy atom. The van der Waals surface area contributed by atoms with Crippen LogP contribution in [0.3, 0.4) is 0 Å². The van der Waals surface area contributed by atoms with Crippen molar-refractivity contribution in [1.29, 1.82) is 0 Å². The first-order valence-electron chi connectivity index (χ1n) is 7.53. The van der Waals surface area contributed by atoms with Gasteiger partial charge in [0.05, 0.1) is 24.4 Å². The molecule has 0 radical (unpaired) electrons. The highest BCUT2D eigenvalue weighted by molar-refractivity contribution is 5.88. The van der Waals surface area contributed by atoms with E-state index >= 15 is 0 Å². The normalized spacial score (nSPS) is 25.1. The summed E-state index contributed by atoms with van der Waals surface area (Å²) in [5.74, 6) is -0.912. The molecule has 0 bridgehead atoms. The molecule has 1 aliphatic heterocycles. The van der Waals surface area contributed by atoms with Crippen molar-refractivity contribution >= 4 is 5.97 Å². The summed E-state index contributed by atoms with van der Waals surface area (Å²) in [4.78, 5) is 11.0. The van der Waals surface area contributed by atoms with Crippen LogP contribution in [-0.4, -0.2) is 32.6 Å². The summed E-state index contributed by atoms with van der Waals surface area (Å²) in [5.41, 5.74) is 1.11. The Balaban J connectivity index is 1.66. The maximum absolute atomic E-state index is 11.0. The number of carboxylic acid groups (broad SMARTS) is 1.